The molecule has 0 radical (unpaired) electrons. The van der Waals surface area contributed by atoms with Crippen LogP contribution in [-0.2, 0) is 0 Å². The van der Waals surface area contributed by atoms with Gasteiger partial charge in [0.05, 0.1) is 28.3 Å². The Morgan fingerprint density at radius 2 is 1.70 bits per heavy atom. The van der Waals surface area contributed by atoms with E-state index < -0.39 is 11.9 Å². The van der Waals surface area contributed by atoms with Gasteiger partial charge in [-0.25, -0.2) is 10.2 Å². The number of carbonyl (C=O) groups is 2. The number of methoxy groups -OCH3 is 1. The summed E-state index contributed by atoms with van der Waals surface area (Å²) in [7, 11) is 1.43. The molecule has 5 aromatic rings. The topological polar surface area (TPSA) is 92.8 Å². The molecular weight excluding hydrogens is 768 g/mol. The number of hydrogen-bond donors (Lipinski definition) is 2. The fourth-order valence-electron chi connectivity index (χ4n) is 4.32. The van der Waals surface area contributed by atoms with Crippen molar-refractivity contribution in [2.75, 3.05) is 7.11 Å². The molecule has 0 atom stereocenters. The highest BCUT2D eigenvalue weighted by Gasteiger charge is 2.23. The van der Waals surface area contributed by atoms with E-state index in [1.54, 1.807) is 60.7 Å². The van der Waals surface area contributed by atoms with Gasteiger partial charge in [-0.15, -0.1) is 0 Å². The number of fused-ring (bicyclic) bond motifs is 1. The lowest BCUT2D eigenvalue weighted by atomic mass is 10.0. The Morgan fingerprint density at radius 1 is 0.930 bits per heavy atom. The standard InChI is InChI=1S/C30H17Br2Cl4N3O4/c1-42-24-7-6-16(33)10-19(24)30(41)43-28-14(8-15(31)9-21(28)32)13-37-39-29(40)27-25(18-4-2-3-5-22(18)35)20-11-17(34)12-23(36)26(20)38-27/h2-13,38H,1H3,(H,39,40). The van der Waals surface area contributed by atoms with Crippen molar-refractivity contribution < 1.29 is 19.1 Å². The number of ether oxygens (including phenoxy) is 2. The van der Waals surface area contributed by atoms with E-state index in [0.717, 1.165) is 0 Å². The molecule has 7 nitrogen and oxygen atoms in total. The number of benzene rings is 4. The van der Waals surface area contributed by atoms with Gasteiger partial charge in [0.2, 0.25) is 0 Å². The molecule has 13 heteroatoms. The van der Waals surface area contributed by atoms with Crippen molar-refractivity contribution in [3.8, 4) is 22.6 Å². The zero-order chi connectivity index (χ0) is 30.8. The molecule has 0 aliphatic carbocycles. The first-order valence-corrected chi connectivity index (χ1v) is 15.3. The monoisotopic (exact) mass is 781 g/mol. The molecule has 1 heterocycles. The summed E-state index contributed by atoms with van der Waals surface area (Å²) in [6.07, 6.45) is 1.34. The largest absolute Gasteiger partial charge is 0.496 e. The minimum Gasteiger partial charge on any atom is -0.496 e. The van der Waals surface area contributed by atoms with Crippen LogP contribution in [0.2, 0.25) is 20.1 Å². The van der Waals surface area contributed by atoms with Crippen LogP contribution < -0.4 is 14.9 Å². The maximum Gasteiger partial charge on any atom is 0.347 e. The quantitative estimate of drug-likeness (QED) is 0.0744. The highest BCUT2D eigenvalue weighted by Crippen LogP contribution is 2.40. The molecule has 43 heavy (non-hydrogen) atoms. The summed E-state index contributed by atoms with van der Waals surface area (Å²) in [6, 6.07) is 18.3. The van der Waals surface area contributed by atoms with Gasteiger partial charge in [-0.1, -0.05) is 80.5 Å². The summed E-state index contributed by atoms with van der Waals surface area (Å²) in [5.41, 5.74) is 4.81. The molecule has 0 fully saturated rings. The first kappa shape index (κ1) is 31.4. The van der Waals surface area contributed by atoms with Gasteiger partial charge >= 0.3 is 5.97 Å². The Morgan fingerprint density at radius 3 is 2.44 bits per heavy atom. The lowest BCUT2D eigenvalue weighted by Gasteiger charge is -2.12. The third-order valence-electron chi connectivity index (χ3n) is 6.18. The van der Waals surface area contributed by atoms with Crippen molar-refractivity contribution in [2.24, 2.45) is 5.10 Å². The Hall–Kier alpha value is -3.05. The van der Waals surface area contributed by atoms with Crippen molar-refractivity contribution in [3.63, 3.8) is 0 Å². The molecule has 0 saturated carbocycles. The molecule has 4 aromatic carbocycles. The second-order valence-electron chi connectivity index (χ2n) is 8.90. The van der Waals surface area contributed by atoms with Crippen molar-refractivity contribution in [2.45, 2.75) is 0 Å². The number of halogens is 6. The number of aromatic nitrogens is 1. The predicted molar refractivity (Wildman–Crippen MR) is 179 cm³/mol. The van der Waals surface area contributed by atoms with Crippen molar-refractivity contribution in [1.29, 1.82) is 0 Å². The number of hydrogen-bond acceptors (Lipinski definition) is 5. The fraction of sp³-hybridized carbons (Fsp3) is 0.0333. The highest BCUT2D eigenvalue weighted by atomic mass is 79.9. The van der Waals surface area contributed by atoms with E-state index >= 15 is 0 Å². The molecule has 5 rings (SSSR count). The van der Waals surface area contributed by atoms with E-state index in [4.69, 9.17) is 55.9 Å². The van der Waals surface area contributed by atoms with Gasteiger partial charge in [0.1, 0.15) is 17.0 Å². The zero-order valence-electron chi connectivity index (χ0n) is 21.8. The van der Waals surface area contributed by atoms with E-state index in [0.29, 0.717) is 62.4 Å². The van der Waals surface area contributed by atoms with Crippen LogP contribution >= 0.6 is 78.3 Å². The number of hydrazone groups is 1. The third-order valence-corrected chi connectivity index (χ3v) is 8.31. The van der Waals surface area contributed by atoms with E-state index in [-0.39, 0.29) is 17.0 Å². The Balaban J connectivity index is 1.48. The lowest BCUT2D eigenvalue weighted by Crippen LogP contribution is -2.19. The average molecular weight is 785 g/mol. The van der Waals surface area contributed by atoms with Crippen LogP contribution in [0.4, 0.5) is 0 Å². The van der Waals surface area contributed by atoms with E-state index in [1.807, 2.05) is 0 Å². The van der Waals surface area contributed by atoms with Crippen LogP contribution in [0.15, 0.2) is 80.8 Å². The maximum atomic E-state index is 13.5. The molecule has 0 aliphatic heterocycles. The highest BCUT2D eigenvalue weighted by molar-refractivity contribution is 9.11. The number of carbonyl (C=O) groups excluding carboxylic acids is 2. The van der Waals surface area contributed by atoms with Crippen LogP contribution in [0.25, 0.3) is 22.0 Å². The predicted octanol–water partition coefficient (Wildman–Crippen LogP) is 9.97. The number of esters is 1. The number of aromatic amines is 1. The molecule has 0 unspecified atom stereocenters. The second kappa shape index (κ2) is 13.3. The third kappa shape index (κ3) is 6.72. The summed E-state index contributed by atoms with van der Waals surface area (Å²) >= 11 is 32.2. The molecule has 1 amide bonds. The van der Waals surface area contributed by atoms with E-state index in [2.05, 4.69) is 47.4 Å². The molecule has 2 N–H and O–H groups in total. The summed E-state index contributed by atoms with van der Waals surface area (Å²) in [5, 5.41) is 6.25. The molecule has 0 aliphatic rings. The average Bonchev–Trinajstić information content (AvgIpc) is 3.34. The number of nitrogens with one attached hydrogen (secondary N) is 2. The number of amides is 1. The molecule has 218 valence electrons. The van der Waals surface area contributed by atoms with Crippen LogP contribution in [0.5, 0.6) is 11.5 Å². The first-order valence-electron chi connectivity index (χ1n) is 12.2. The summed E-state index contributed by atoms with van der Waals surface area (Å²) in [4.78, 5) is 29.7. The van der Waals surface area contributed by atoms with Crippen LogP contribution in [-0.4, -0.2) is 30.2 Å². The van der Waals surface area contributed by atoms with Gasteiger partial charge in [-0.05, 0) is 64.5 Å². The minimum atomic E-state index is -0.709. The smallest absolute Gasteiger partial charge is 0.347 e. The molecule has 1 aromatic heterocycles. The minimum absolute atomic E-state index is 0.130. The van der Waals surface area contributed by atoms with Gasteiger partial charge in [-0.3, -0.25) is 4.79 Å². The normalized spacial score (nSPS) is 11.2. The van der Waals surface area contributed by atoms with Gasteiger partial charge in [0.25, 0.3) is 5.91 Å². The van der Waals surface area contributed by atoms with Gasteiger partial charge < -0.3 is 14.5 Å². The molecular formula is C30H17Br2Cl4N3O4. The van der Waals surface area contributed by atoms with Crippen molar-refractivity contribution in [3.05, 3.63) is 113 Å². The molecule has 0 spiro atoms. The fourth-order valence-corrected chi connectivity index (χ4v) is 6.60. The van der Waals surface area contributed by atoms with Crippen molar-refractivity contribution >= 4 is 107 Å². The number of H-pyrrole nitrogens is 1. The maximum absolute atomic E-state index is 13.5. The van der Waals surface area contributed by atoms with E-state index in [9.17, 15) is 9.59 Å². The van der Waals surface area contributed by atoms with Crippen LogP contribution in [0.3, 0.4) is 0 Å². The summed E-state index contributed by atoms with van der Waals surface area (Å²) in [5.74, 6) is -0.846. The summed E-state index contributed by atoms with van der Waals surface area (Å²) in [6.45, 7) is 0. The molecule has 0 bridgehead atoms. The van der Waals surface area contributed by atoms with Gasteiger partial charge in [0, 0.05) is 41.6 Å². The van der Waals surface area contributed by atoms with Crippen LogP contribution in [0, 0.1) is 0 Å². The Kier molecular flexibility index (Phi) is 9.70. The molecule has 0 saturated heterocycles. The zero-order valence-corrected chi connectivity index (χ0v) is 28.0. The Labute approximate surface area is 282 Å². The first-order chi connectivity index (χ1) is 20.6. The SMILES string of the molecule is COc1ccc(Cl)cc1C(=O)Oc1c(Br)cc(Br)cc1C=NNC(=O)c1[nH]c2c(Cl)cc(Cl)cc2c1-c1ccccc1Cl. The van der Waals surface area contributed by atoms with E-state index in [1.165, 1.54) is 19.4 Å². The van der Waals surface area contributed by atoms with Crippen molar-refractivity contribution in [1.82, 2.24) is 10.4 Å². The lowest BCUT2D eigenvalue weighted by molar-refractivity contribution is 0.0729. The van der Waals surface area contributed by atoms with Crippen LogP contribution in [0.1, 0.15) is 26.4 Å². The number of nitrogens with zero attached hydrogens (tertiary/aromatic N) is 1. The number of rotatable bonds is 7. The summed E-state index contributed by atoms with van der Waals surface area (Å²) < 4.78 is 12.1. The van der Waals surface area contributed by atoms with Gasteiger partial charge in [0.15, 0.2) is 5.75 Å². The Bertz CT molecular complexity index is 1950. The van der Waals surface area contributed by atoms with Gasteiger partial charge in [-0.2, -0.15) is 5.10 Å². The second-order valence-corrected chi connectivity index (χ2v) is 12.4.